The molecule has 6 heteroatoms. The van der Waals surface area contributed by atoms with Crippen molar-refractivity contribution in [3.63, 3.8) is 0 Å². The number of benzene rings is 2. The summed E-state index contributed by atoms with van der Waals surface area (Å²) in [6, 6.07) is 7.32. The van der Waals surface area contributed by atoms with Crippen LogP contribution in [0, 0.1) is 6.92 Å². The second-order valence-corrected chi connectivity index (χ2v) is 6.58. The van der Waals surface area contributed by atoms with E-state index in [9.17, 15) is 0 Å². The highest BCUT2D eigenvalue weighted by Crippen LogP contribution is 2.35. The predicted octanol–water partition coefficient (Wildman–Crippen LogP) is 6.34. The number of ether oxygens (including phenoxy) is 1. The SMILES string of the molecule is COc1cc(Br)cc(C)c1NCc1c(Cl)ccc(Cl)c1Cl. The van der Waals surface area contributed by atoms with Crippen molar-refractivity contribution in [3.05, 3.63) is 54.9 Å². The monoisotopic (exact) mass is 407 g/mol. The van der Waals surface area contributed by atoms with Crippen molar-refractivity contribution in [2.75, 3.05) is 12.4 Å². The van der Waals surface area contributed by atoms with E-state index in [-0.39, 0.29) is 0 Å². The molecular weight excluding hydrogens is 396 g/mol. The first-order valence-electron chi connectivity index (χ1n) is 6.14. The van der Waals surface area contributed by atoms with Gasteiger partial charge in [0.25, 0.3) is 0 Å². The van der Waals surface area contributed by atoms with E-state index < -0.39 is 0 Å². The van der Waals surface area contributed by atoms with Gasteiger partial charge in [-0.1, -0.05) is 50.7 Å². The Labute approximate surface area is 147 Å². The van der Waals surface area contributed by atoms with E-state index in [1.165, 1.54) is 0 Å². The second kappa shape index (κ2) is 7.10. The molecule has 2 rings (SSSR count). The van der Waals surface area contributed by atoms with Crippen LogP contribution in [0.2, 0.25) is 15.1 Å². The summed E-state index contributed by atoms with van der Waals surface area (Å²) in [7, 11) is 1.63. The molecule has 21 heavy (non-hydrogen) atoms. The molecule has 1 N–H and O–H groups in total. The number of methoxy groups -OCH3 is 1. The van der Waals surface area contributed by atoms with Crippen molar-refractivity contribution >= 4 is 56.4 Å². The average molecular weight is 410 g/mol. The molecule has 0 aromatic heterocycles. The zero-order valence-electron chi connectivity index (χ0n) is 11.4. The van der Waals surface area contributed by atoms with Crippen molar-refractivity contribution in [2.24, 2.45) is 0 Å². The van der Waals surface area contributed by atoms with Crippen molar-refractivity contribution in [1.29, 1.82) is 0 Å². The summed E-state index contributed by atoms with van der Waals surface area (Å²) in [4.78, 5) is 0. The highest BCUT2D eigenvalue weighted by atomic mass is 79.9. The Kier molecular flexibility index (Phi) is 5.67. The summed E-state index contributed by atoms with van der Waals surface area (Å²) in [5.74, 6) is 0.746. The van der Waals surface area contributed by atoms with Crippen molar-refractivity contribution in [2.45, 2.75) is 13.5 Å². The molecule has 0 aliphatic heterocycles. The Morgan fingerprint density at radius 3 is 2.48 bits per heavy atom. The van der Waals surface area contributed by atoms with Gasteiger partial charge in [0.05, 0.1) is 22.8 Å². The van der Waals surface area contributed by atoms with Crippen LogP contribution in [0.3, 0.4) is 0 Å². The highest BCUT2D eigenvalue weighted by molar-refractivity contribution is 9.10. The van der Waals surface area contributed by atoms with Crippen LogP contribution < -0.4 is 10.1 Å². The van der Waals surface area contributed by atoms with Crippen molar-refractivity contribution in [1.82, 2.24) is 0 Å². The Hall–Kier alpha value is -0.610. The molecule has 0 unspecified atom stereocenters. The first-order chi connectivity index (χ1) is 9.93. The zero-order chi connectivity index (χ0) is 15.6. The van der Waals surface area contributed by atoms with Gasteiger partial charge in [-0.25, -0.2) is 0 Å². The first-order valence-corrected chi connectivity index (χ1v) is 8.07. The number of aryl methyl sites for hydroxylation is 1. The van der Waals surface area contributed by atoms with E-state index in [0.717, 1.165) is 27.0 Å². The van der Waals surface area contributed by atoms with Crippen LogP contribution in [0.5, 0.6) is 5.75 Å². The number of hydrogen-bond donors (Lipinski definition) is 1. The van der Waals surface area contributed by atoms with Gasteiger partial charge in [-0.15, -0.1) is 0 Å². The summed E-state index contributed by atoms with van der Waals surface area (Å²) < 4.78 is 6.35. The lowest BCUT2D eigenvalue weighted by molar-refractivity contribution is 0.416. The average Bonchev–Trinajstić information content (AvgIpc) is 2.44. The lowest BCUT2D eigenvalue weighted by Gasteiger charge is -2.16. The van der Waals surface area contributed by atoms with Gasteiger partial charge in [-0.2, -0.15) is 0 Å². The van der Waals surface area contributed by atoms with Gasteiger partial charge in [-0.3, -0.25) is 0 Å². The third-order valence-corrected chi connectivity index (χ3v) is 4.72. The molecule has 0 bridgehead atoms. The molecule has 112 valence electrons. The Bertz CT molecular complexity index is 676. The van der Waals surface area contributed by atoms with Crippen LogP contribution in [-0.2, 0) is 6.54 Å². The summed E-state index contributed by atoms with van der Waals surface area (Å²) in [6.45, 7) is 2.45. The fraction of sp³-hybridized carbons (Fsp3) is 0.200. The molecule has 2 aromatic rings. The molecule has 0 saturated heterocycles. The molecule has 0 saturated carbocycles. The number of halogens is 4. The summed E-state index contributed by atoms with van der Waals surface area (Å²) in [5, 5.41) is 4.83. The van der Waals surface area contributed by atoms with E-state index in [2.05, 4.69) is 21.2 Å². The van der Waals surface area contributed by atoms with Crippen LogP contribution in [-0.4, -0.2) is 7.11 Å². The van der Waals surface area contributed by atoms with Gasteiger partial charge >= 0.3 is 0 Å². The molecule has 2 nitrogen and oxygen atoms in total. The fourth-order valence-electron chi connectivity index (χ4n) is 2.01. The summed E-state index contributed by atoms with van der Waals surface area (Å²) in [6.07, 6.45) is 0. The van der Waals surface area contributed by atoms with Crippen LogP contribution in [0.25, 0.3) is 0 Å². The van der Waals surface area contributed by atoms with E-state index in [4.69, 9.17) is 39.5 Å². The first kappa shape index (κ1) is 16.8. The minimum atomic E-state index is 0.455. The van der Waals surface area contributed by atoms with Gasteiger partial charge in [0.2, 0.25) is 0 Å². The van der Waals surface area contributed by atoms with Gasteiger partial charge in [0, 0.05) is 21.6 Å². The topological polar surface area (TPSA) is 21.3 Å². The van der Waals surface area contributed by atoms with Gasteiger partial charge in [0.1, 0.15) is 5.75 Å². The van der Waals surface area contributed by atoms with Crippen molar-refractivity contribution in [3.8, 4) is 5.75 Å². The zero-order valence-corrected chi connectivity index (χ0v) is 15.3. The summed E-state index contributed by atoms with van der Waals surface area (Å²) in [5.41, 5.74) is 2.71. The number of nitrogens with one attached hydrogen (secondary N) is 1. The molecular formula is C15H13BrCl3NO. The molecule has 0 heterocycles. The predicted molar refractivity (Wildman–Crippen MR) is 94.2 cm³/mol. The molecule has 0 fully saturated rings. The minimum absolute atomic E-state index is 0.455. The van der Waals surface area contributed by atoms with Crippen molar-refractivity contribution < 1.29 is 4.74 Å². The van der Waals surface area contributed by atoms with Crippen LogP contribution in [0.15, 0.2) is 28.7 Å². The van der Waals surface area contributed by atoms with E-state index in [1.54, 1.807) is 19.2 Å². The standard InChI is InChI=1S/C15H13BrCl3NO/c1-8-5-9(16)6-13(21-2)15(8)20-7-10-11(17)3-4-12(18)14(10)19/h3-6,20H,7H2,1-2H3. The molecule has 0 spiro atoms. The maximum absolute atomic E-state index is 6.21. The number of rotatable bonds is 4. The second-order valence-electron chi connectivity index (χ2n) is 4.48. The van der Waals surface area contributed by atoms with Gasteiger partial charge < -0.3 is 10.1 Å². The summed E-state index contributed by atoms with van der Waals surface area (Å²) >= 11 is 21.9. The largest absolute Gasteiger partial charge is 0.495 e. The van der Waals surface area contributed by atoms with Crippen LogP contribution >= 0.6 is 50.7 Å². The maximum atomic E-state index is 6.21. The third-order valence-electron chi connectivity index (χ3n) is 3.06. The lowest BCUT2D eigenvalue weighted by atomic mass is 10.1. The van der Waals surface area contributed by atoms with Gasteiger partial charge in [-0.05, 0) is 36.8 Å². The maximum Gasteiger partial charge on any atom is 0.143 e. The molecule has 0 aliphatic rings. The molecule has 0 atom stereocenters. The number of hydrogen-bond acceptors (Lipinski definition) is 2. The smallest absolute Gasteiger partial charge is 0.143 e. The Morgan fingerprint density at radius 1 is 1.14 bits per heavy atom. The van der Waals surface area contributed by atoms with Gasteiger partial charge in [0.15, 0.2) is 0 Å². The van der Waals surface area contributed by atoms with Crippen LogP contribution in [0.4, 0.5) is 5.69 Å². The minimum Gasteiger partial charge on any atom is -0.495 e. The van der Waals surface area contributed by atoms with E-state index >= 15 is 0 Å². The highest BCUT2D eigenvalue weighted by Gasteiger charge is 2.12. The molecule has 2 aromatic carbocycles. The lowest BCUT2D eigenvalue weighted by Crippen LogP contribution is -2.04. The Balaban J connectivity index is 2.31. The molecule has 0 radical (unpaired) electrons. The normalized spacial score (nSPS) is 10.6. The number of anilines is 1. The van der Waals surface area contributed by atoms with Crippen LogP contribution in [0.1, 0.15) is 11.1 Å². The Morgan fingerprint density at radius 2 is 1.81 bits per heavy atom. The molecule has 0 aliphatic carbocycles. The quantitative estimate of drug-likeness (QED) is 0.595. The van der Waals surface area contributed by atoms with E-state index in [1.807, 2.05) is 19.1 Å². The van der Waals surface area contributed by atoms with E-state index in [0.29, 0.717) is 21.6 Å². The molecule has 0 amide bonds. The fourth-order valence-corrected chi connectivity index (χ4v) is 3.24. The third kappa shape index (κ3) is 3.78.